The van der Waals surface area contributed by atoms with Crippen molar-refractivity contribution >= 4 is 23.1 Å². The van der Waals surface area contributed by atoms with E-state index in [2.05, 4.69) is 4.98 Å². The molecule has 39 heavy (non-hydrogen) atoms. The Morgan fingerprint density at radius 1 is 1.26 bits per heavy atom. The molecule has 0 bridgehead atoms. The minimum absolute atomic E-state index is 0.0298. The molecule has 1 saturated heterocycles. The minimum atomic E-state index is -2.19. The van der Waals surface area contributed by atoms with Gasteiger partial charge in [-0.05, 0) is 56.6 Å². The van der Waals surface area contributed by atoms with Gasteiger partial charge in [-0.15, -0.1) is 0 Å². The van der Waals surface area contributed by atoms with Crippen LogP contribution >= 0.6 is 0 Å². The molecule has 8 N–H and O–H groups in total. The summed E-state index contributed by atoms with van der Waals surface area (Å²) >= 11 is 0. The molecule has 2 aromatic rings. The Morgan fingerprint density at radius 3 is 2.59 bits per heavy atom. The number of likely N-dealkylation sites (N-methyl/N-ethyl adjacent to an activating group) is 1. The van der Waals surface area contributed by atoms with Gasteiger partial charge in [-0.2, -0.15) is 4.39 Å². The zero-order valence-electron chi connectivity index (χ0n) is 21.1. The number of ketones is 1. The fourth-order valence-electron chi connectivity index (χ4n) is 6.74. The number of carbonyl (C=O) groups is 2. The van der Waals surface area contributed by atoms with E-state index in [1.54, 1.807) is 25.1 Å². The van der Waals surface area contributed by atoms with Gasteiger partial charge in [0.1, 0.15) is 29.5 Å². The number of aliphatic hydroxyl groups is 3. The zero-order chi connectivity index (χ0) is 28.1. The molecule has 1 amide bonds. The Morgan fingerprint density at radius 2 is 1.97 bits per heavy atom. The second-order valence-corrected chi connectivity index (χ2v) is 10.8. The molecular weight excluding hydrogens is 511 g/mol. The van der Waals surface area contributed by atoms with Crippen molar-refractivity contribution < 1.29 is 39.1 Å². The number of aromatic hydroxyl groups is 1. The van der Waals surface area contributed by atoms with E-state index in [1.807, 2.05) is 0 Å². The highest BCUT2D eigenvalue weighted by Crippen LogP contribution is 2.57. The summed E-state index contributed by atoms with van der Waals surface area (Å²) in [5.41, 5.74) is 10.4. The summed E-state index contributed by atoms with van der Waals surface area (Å²) in [4.78, 5) is 31.5. The first-order valence-electron chi connectivity index (χ1n) is 12.4. The topological polar surface area (TPSA) is 196 Å². The molecule has 4 aliphatic rings. The number of aliphatic hydroxyl groups excluding tert-OH is 2. The van der Waals surface area contributed by atoms with Crippen molar-refractivity contribution in [2.24, 2.45) is 17.6 Å². The van der Waals surface area contributed by atoms with Gasteiger partial charge in [0.2, 0.25) is 5.95 Å². The molecule has 204 valence electrons. The van der Waals surface area contributed by atoms with Gasteiger partial charge >= 0.3 is 0 Å². The third-order valence-electron chi connectivity index (χ3n) is 8.51. The third-order valence-corrected chi connectivity index (χ3v) is 8.51. The van der Waals surface area contributed by atoms with Crippen molar-refractivity contribution in [2.75, 3.05) is 19.8 Å². The molecule has 2 heterocycles. The van der Waals surface area contributed by atoms with Crippen LogP contribution in [0.3, 0.4) is 0 Å². The van der Waals surface area contributed by atoms with Gasteiger partial charge in [0, 0.05) is 28.8 Å². The number of aromatic nitrogens is 1. The van der Waals surface area contributed by atoms with Crippen LogP contribution in [0.15, 0.2) is 41.3 Å². The fraction of sp³-hybridized carbons (Fsp3) is 0.370. The maximum Gasteiger partial charge on any atom is 0.250 e. The molecule has 3 aliphatic carbocycles. The number of Topliss-reactive ketones (excluding diaryl/α,β-unsaturated/α-hetero) is 1. The fourth-order valence-corrected chi connectivity index (χ4v) is 6.74. The Kier molecular flexibility index (Phi) is 5.35. The molecular formula is C27H27FN4O7. The van der Waals surface area contributed by atoms with E-state index in [1.165, 1.54) is 12.3 Å². The lowest BCUT2D eigenvalue weighted by molar-refractivity contribution is -0.152. The molecule has 1 saturated carbocycles. The van der Waals surface area contributed by atoms with Crippen molar-refractivity contribution in [3.05, 3.63) is 58.4 Å². The number of rotatable bonds is 3. The standard InChI is InChI=1S/C27H27FN4O7/c1-32(2)19-13-7-11-5-10-6-12(9-3-4-14(28)31-8-9)18(29)21(34)15(10)20(33)16(11)24(36)27(13,38)25-23(39-25)17(22(19)35)26(30)37/h3-4,6,8,11,13,19,23,25,33-35,38H,5,7,29H2,1-2H3,(H2,30,37). The summed E-state index contributed by atoms with van der Waals surface area (Å²) in [6.07, 6.45) is -0.643. The lowest BCUT2D eigenvalue weighted by Crippen LogP contribution is -2.62. The van der Waals surface area contributed by atoms with Crippen LogP contribution in [0.2, 0.25) is 0 Å². The summed E-state index contributed by atoms with van der Waals surface area (Å²) in [5.74, 6) is -5.28. The summed E-state index contributed by atoms with van der Waals surface area (Å²) in [6, 6.07) is 3.32. The van der Waals surface area contributed by atoms with Crippen LogP contribution < -0.4 is 11.5 Å². The number of primary amides is 1. The number of phenols is 1. The number of halogens is 1. The molecule has 1 aromatic heterocycles. The maximum atomic E-state index is 14.1. The second kappa shape index (κ2) is 8.25. The second-order valence-electron chi connectivity index (χ2n) is 10.8. The quantitative estimate of drug-likeness (QED) is 0.142. The number of nitrogens with two attached hydrogens (primary N) is 2. The number of amides is 1. The van der Waals surface area contributed by atoms with Gasteiger partial charge < -0.3 is 36.6 Å². The number of pyridine rings is 1. The number of hydrogen-bond acceptors (Lipinski definition) is 10. The maximum absolute atomic E-state index is 14.1. The Labute approximate surface area is 221 Å². The monoisotopic (exact) mass is 538 g/mol. The Hall–Kier alpha value is -4.00. The first-order valence-corrected chi connectivity index (χ1v) is 12.4. The summed E-state index contributed by atoms with van der Waals surface area (Å²) in [5, 5.41) is 45.5. The average molecular weight is 539 g/mol. The van der Waals surface area contributed by atoms with Crippen molar-refractivity contribution in [1.29, 1.82) is 0 Å². The smallest absolute Gasteiger partial charge is 0.250 e. The Bertz CT molecular complexity index is 1520. The van der Waals surface area contributed by atoms with Crippen LogP contribution in [0.5, 0.6) is 5.75 Å². The average Bonchev–Trinajstić information content (AvgIpc) is 3.65. The molecule has 6 rings (SSSR count). The number of benzene rings is 1. The molecule has 1 aliphatic heterocycles. The van der Waals surface area contributed by atoms with Crippen molar-refractivity contribution in [1.82, 2.24) is 9.88 Å². The third kappa shape index (κ3) is 3.35. The van der Waals surface area contributed by atoms with Crippen molar-refractivity contribution in [3.8, 4) is 16.9 Å². The van der Waals surface area contributed by atoms with Gasteiger partial charge in [-0.25, -0.2) is 4.98 Å². The minimum Gasteiger partial charge on any atom is -0.510 e. The first kappa shape index (κ1) is 25.3. The van der Waals surface area contributed by atoms with Gasteiger partial charge in [-0.1, -0.05) is 0 Å². The first-order chi connectivity index (χ1) is 18.4. The number of nitrogens with zero attached hydrogens (tertiary/aromatic N) is 2. The molecule has 11 nitrogen and oxygen atoms in total. The lowest BCUT2D eigenvalue weighted by Gasteiger charge is -2.47. The molecule has 12 heteroatoms. The van der Waals surface area contributed by atoms with E-state index in [0.29, 0.717) is 16.7 Å². The van der Waals surface area contributed by atoms with E-state index in [0.717, 1.165) is 6.07 Å². The van der Waals surface area contributed by atoms with Crippen LogP contribution in [0, 0.1) is 17.8 Å². The number of anilines is 1. The van der Waals surface area contributed by atoms with E-state index in [-0.39, 0.29) is 41.0 Å². The predicted molar refractivity (Wildman–Crippen MR) is 135 cm³/mol. The molecule has 1 aromatic carbocycles. The van der Waals surface area contributed by atoms with Crippen LogP contribution in [0.4, 0.5) is 10.1 Å². The highest BCUT2D eigenvalue weighted by atomic mass is 19.1. The summed E-state index contributed by atoms with van der Waals surface area (Å²) in [6.45, 7) is 0. The summed E-state index contributed by atoms with van der Waals surface area (Å²) < 4.78 is 19.0. The normalized spacial score (nSPS) is 31.3. The van der Waals surface area contributed by atoms with Crippen LogP contribution in [0.1, 0.15) is 17.5 Å². The lowest BCUT2D eigenvalue weighted by atomic mass is 9.60. The predicted octanol–water partition coefficient (Wildman–Crippen LogP) is 0.946. The highest BCUT2D eigenvalue weighted by Gasteiger charge is 2.70. The van der Waals surface area contributed by atoms with E-state index >= 15 is 0 Å². The van der Waals surface area contributed by atoms with E-state index in [4.69, 9.17) is 16.2 Å². The van der Waals surface area contributed by atoms with E-state index < -0.39 is 64.8 Å². The number of phenolic OH excluding ortho intramolecular Hbond substituents is 1. The SMILES string of the molecule is CN(C)C1C(O)=C(C(N)=O)C2OC2C2(O)C(=O)C3=C(O)c4c(cc(-c5ccc(F)nc5)c(N)c4O)CC3CC12. The summed E-state index contributed by atoms with van der Waals surface area (Å²) in [7, 11) is 3.29. The molecule has 6 unspecified atom stereocenters. The van der Waals surface area contributed by atoms with Crippen LogP contribution in [0.25, 0.3) is 16.9 Å². The van der Waals surface area contributed by atoms with E-state index in [9.17, 15) is 34.4 Å². The number of fused-ring (bicyclic) bond motifs is 5. The molecule has 0 spiro atoms. The van der Waals surface area contributed by atoms with Gasteiger partial charge in [0.05, 0.1) is 22.9 Å². The number of carbonyl (C=O) groups excluding carboxylic acids is 2. The van der Waals surface area contributed by atoms with Gasteiger partial charge in [0.25, 0.3) is 5.91 Å². The van der Waals surface area contributed by atoms with Gasteiger partial charge in [-0.3, -0.25) is 14.5 Å². The van der Waals surface area contributed by atoms with Crippen LogP contribution in [-0.2, 0) is 20.7 Å². The number of ether oxygens (including phenoxy) is 1. The molecule has 0 radical (unpaired) electrons. The zero-order valence-corrected chi connectivity index (χ0v) is 21.1. The van der Waals surface area contributed by atoms with Gasteiger partial charge in [0.15, 0.2) is 11.4 Å². The van der Waals surface area contributed by atoms with Crippen molar-refractivity contribution in [3.63, 3.8) is 0 Å². The highest BCUT2D eigenvalue weighted by molar-refractivity contribution is 6.10. The molecule has 2 fully saturated rings. The van der Waals surface area contributed by atoms with Crippen molar-refractivity contribution in [2.45, 2.75) is 36.7 Å². The number of nitrogen functional groups attached to an aromatic ring is 1. The largest absolute Gasteiger partial charge is 0.510 e. The number of hydrogen-bond donors (Lipinski definition) is 6. The van der Waals surface area contributed by atoms with Crippen LogP contribution in [-0.4, -0.2) is 79.9 Å². The Balaban J connectivity index is 1.51. The number of epoxide rings is 1. The molecule has 6 atom stereocenters.